The van der Waals surface area contributed by atoms with Crippen molar-refractivity contribution < 1.29 is 4.79 Å². The van der Waals surface area contributed by atoms with E-state index in [1.54, 1.807) is 0 Å². The molecule has 1 aliphatic rings. The minimum absolute atomic E-state index is 0.0552. The third kappa shape index (κ3) is 3.44. The minimum atomic E-state index is 0.0552. The number of hydrogen-bond acceptors (Lipinski definition) is 2. The Labute approximate surface area is 106 Å². The zero-order valence-electron chi connectivity index (χ0n) is 12.0. The normalized spacial score (nSPS) is 26.9. The molecule has 0 spiro atoms. The Morgan fingerprint density at radius 2 is 1.94 bits per heavy atom. The molecular weight excluding hydrogens is 212 g/mol. The Morgan fingerprint density at radius 1 is 1.29 bits per heavy atom. The van der Waals surface area contributed by atoms with Gasteiger partial charge in [0, 0.05) is 6.04 Å². The second-order valence-electron chi connectivity index (χ2n) is 5.66. The Balaban J connectivity index is 2.70. The van der Waals surface area contributed by atoms with Crippen LogP contribution < -0.4 is 5.32 Å². The summed E-state index contributed by atoms with van der Waals surface area (Å²) in [6.45, 7) is 10.9. The molecule has 0 radical (unpaired) electrons. The van der Waals surface area contributed by atoms with E-state index in [4.69, 9.17) is 0 Å². The second kappa shape index (κ2) is 6.39. The average Bonchev–Trinajstić information content (AvgIpc) is 2.55. The third-order valence-corrected chi connectivity index (χ3v) is 3.53. The molecule has 0 aromatic carbocycles. The van der Waals surface area contributed by atoms with Crippen molar-refractivity contribution in [2.45, 2.75) is 78.6 Å². The van der Waals surface area contributed by atoms with Gasteiger partial charge in [0.1, 0.15) is 0 Å². The van der Waals surface area contributed by atoms with E-state index in [2.05, 4.69) is 44.8 Å². The lowest BCUT2D eigenvalue weighted by Gasteiger charge is -2.30. The van der Waals surface area contributed by atoms with Crippen molar-refractivity contribution in [1.82, 2.24) is 10.2 Å². The molecule has 1 heterocycles. The van der Waals surface area contributed by atoms with Gasteiger partial charge in [-0.05, 0) is 32.1 Å². The van der Waals surface area contributed by atoms with Crippen LogP contribution in [-0.2, 0) is 4.79 Å². The van der Waals surface area contributed by atoms with Gasteiger partial charge in [-0.3, -0.25) is 10.1 Å². The van der Waals surface area contributed by atoms with Crippen molar-refractivity contribution in [2.75, 3.05) is 0 Å². The van der Waals surface area contributed by atoms with Crippen LogP contribution in [0, 0.1) is 5.92 Å². The number of carbonyl (C=O) groups excluding carboxylic acids is 1. The van der Waals surface area contributed by atoms with Gasteiger partial charge >= 0.3 is 0 Å². The van der Waals surface area contributed by atoms with Crippen LogP contribution in [-0.4, -0.2) is 29.1 Å². The first-order chi connectivity index (χ1) is 8.01. The topological polar surface area (TPSA) is 32.3 Å². The largest absolute Gasteiger partial charge is 0.323 e. The molecule has 0 aromatic rings. The highest BCUT2D eigenvalue weighted by Crippen LogP contribution is 2.22. The first-order valence-corrected chi connectivity index (χ1v) is 7.09. The van der Waals surface area contributed by atoms with Gasteiger partial charge in [-0.25, -0.2) is 0 Å². The van der Waals surface area contributed by atoms with Crippen molar-refractivity contribution in [3.63, 3.8) is 0 Å². The Bertz CT molecular complexity index is 253. The molecule has 1 fully saturated rings. The molecule has 3 unspecified atom stereocenters. The summed E-state index contributed by atoms with van der Waals surface area (Å²) >= 11 is 0. The first kappa shape index (κ1) is 14.5. The molecule has 0 aliphatic carbocycles. The van der Waals surface area contributed by atoms with Crippen LogP contribution in [0.15, 0.2) is 0 Å². The number of rotatable bonds is 6. The molecule has 1 saturated heterocycles. The van der Waals surface area contributed by atoms with Crippen LogP contribution in [0.5, 0.6) is 0 Å². The lowest BCUT2D eigenvalue weighted by atomic mass is 10.0. The molecule has 3 heteroatoms. The highest BCUT2D eigenvalue weighted by atomic mass is 16.2. The molecular formula is C14H28N2O. The van der Waals surface area contributed by atoms with Gasteiger partial charge in [0.05, 0.1) is 12.2 Å². The van der Waals surface area contributed by atoms with Crippen molar-refractivity contribution in [2.24, 2.45) is 5.92 Å². The monoisotopic (exact) mass is 240 g/mol. The zero-order valence-corrected chi connectivity index (χ0v) is 12.0. The van der Waals surface area contributed by atoms with Gasteiger partial charge in [0.2, 0.25) is 5.91 Å². The van der Waals surface area contributed by atoms with Gasteiger partial charge in [-0.2, -0.15) is 0 Å². The van der Waals surface area contributed by atoms with E-state index in [0.29, 0.717) is 17.9 Å². The first-order valence-electron chi connectivity index (χ1n) is 7.09. The predicted molar refractivity (Wildman–Crippen MR) is 71.7 cm³/mol. The molecule has 3 atom stereocenters. The van der Waals surface area contributed by atoms with Crippen LogP contribution in [0.4, 0.5) is 0 Å². The summed E-state index contributed by atoms with van der Waals surface area (Å²) < 4.78 is 0. The van der Waals surface area contributed by atoms with Crippen molar-refractivity contribution in [3.05, 3.63) is 0 Å². The number of carbonyl (C=O) groups is 1. The summed E-state index contributed by atoms with van der Waals surface area (Å²) in [5.74, 6) is 0.951. The quantitative estimate of drug-likeness (QED) is 0.774. The van der Waals surface area contributed by atoms with E-state index in [1.807, 2.05) is 0 Å². The van der Waals surface area contributed by atoms with Crippen LogP contribution >= 0.6 is 0 Å². The van der Waals surface area contributed by atoms with Gasteiger partial charge < -0.3 is 4.90 Å². The van der Waals surface area contributed by atoms with Crippen LogP contribution in [0.2, 0.25) is 0 Å². The lowest BCUT2D eigenvalue weighted by molar-refractivity contribution is -0.132. The predicted octanol–water partition coefficient (Wildman–Crippen LogP) is 2.76. The number of nitrogens with zero attached hydrogens (tertiary/aromatic N) is 1. The van der Waals surface area contributed by atoms with Gasteiger partial charge in [-0.15, -0.1) is 0 Å². The highest BCUT2D eigenvalue weighted by Gasteiger charge is 2.39. The summed E-state index contributed by atoms with van der Waals surface area (Å²) in [6.07, 6.45) is 4.34. The van der Waals surface area contributed by atoms with Crippen molar-refractivity contribution in [3.8, 4) is 0 Å². The fraction of sp³-hybridized carbons (Fsp3) is 0.929. The molecule has 0 saturated carbocycles. The minimum Gasteiger partial charge on any atom is -0.323 e. The van der Waals surface area contributed by atoms with E-state index < -0.39 is 0 Å². The molecule has 1 rings (SSSR count). The number of amides is 1. The van der Waals surface area contributed by atoms with Crippen LogP contribution in [0.3, 0.4) is 0 Å². The molecule has 1 N–H and O–H groups in total. The fourth-order valence-corrected chi connectivity index (χ4v) is 2.85. The highest BCUT2D eigenvalue weighted by molar-refractivity contribution is 5.84. The Kier molecular flexibility index (Phi) is 5.44. The Morgan fingerprint density at radius 3 is 2.41 bits per heavy atom. The third-order valence-electron chi connectivity index (χ3n) is 3.53. The summed E-state index contributed by atoms with van der Waals surface area (Å²) in [5.41, 5.74) is 0. The lowest BCUT2D eigenvalue weighted by Crippen LogP contribution is -2.43. The van der Waals surface area contributed by atoms with Crippen molar-refractivity contribution in [1.29, 1.82) is 0 Å². The summed E-state index contributed by atoms with van der Waals surface area (Å²) in [6, 6.07) is 0.404. The molecule has 0 aromatic heterocycles. The maximum atomic E-state index is 12.4. The fourth-order valence-electron chi connectivity index (χ4n) is 2.85. The number of hydrogen-bond donors (Lipinski definition) is 1. The molecule has 100 valence electrons. The van der Waals surface area contributed by atoms with E-state index in [1.165, 1.54) is 0 Å². The molecule has 17 heavy (non-hydrogen) atoms. The van der Waals surface area contributed by atoms with Gasteiger partial charge in [0.15, 0.2) is 0 Å². The maximum absolute atomic E-state index is 12.4. The average molecular weight is 240 g/mol. The summed E-state index contributed by atoms with van der Waals surface area (Å²) in [4.78, 5) is 14.4. The molecule has 3 nitrogen and oxygen atoms in total. The number of nitrogens with one attached hydrogen (secondary N) is 1. The zero-order chi connectivity index (χ0) is 13.0. The maximum Gasteiger partial charge on any atom is 0.241 e. The van der Waals surface area contributed by atoms with Gasteiger partial charge in [0.25, 0.3) is 0 Å². The SMILES string of the molecule is CCCC1NC(CC)N(C(C)CC(C)C)C1=O. The molecule has 1 amide bonds. The standard InChI is InChI=1S/C14H28N2O/c1-6-8-12-14(17)16(13(7-2)15-12)11(5)9-10(3)4/h10-13,15H,6-9H2,1-5H3. The second-order valence-corrected chi connectivity index (χ2v) is 5.66. The Hall–Kier alpha value is -0.570. The molecule has 1 aliphatic heterocycles. The van der Waals surface area contributed by atoms with E-state index in [-0.39, 0.29) is 12.2 Å². The van der Waals surface area contributed by atoms with E-state index in [9.17, 15) is 4.79 Å². The van der Waals surface area contributed by atoms with Crippen LogP contribution in [0.1, 0.15) is 60.3 Å². The van der Waals surface area contributed by atoms with Crippen molar-refractivity contribution >= 4 is 5.91 Å². The smallest absolute Gasteiger partial charge is 0.241 e. The summed E-state index contributed by atoms with van der Waals surface area (Å²) in [5, 5.41) is 3.47. The van der Waals surface area contributed by atoms with E-state index >= 15 is 0 Å². The van der Waals surface area contributed by atoms with Gasteiger partial charge in [-0.1, -0.05) is 34.1 Å². The summed E-state index contributed by atoms with van der Waals surface area (Å²) in [7, 11) is 0. The molecule has 0 bridgehead atoms. The van der Waals surface area contributed by atoms with E-state index in [0.717, 1.165) is 25.7 Å². The van der Waals surface area contributed by atoms with Crippen LogP contribution in [0.25, 0.3) is 0 Å².